The van der Waals surface area contributed by atoms with E-state index in [1.807, 2.05) is 0 Å². The van der Waals surface area contributed by atoms with E-state index in [4.69, 9.17) is 4.74 Å². The summed E-state index contributed by atoms with van der Waals surface area (Å²) in [5, 5.41) is 11.5. The molecule has 0 bridgehead atoms. The van der Waals surface area contributed by atoms with Crippen LogP contribution in [0.2, 0.25) is 0 Å². The predicted molar refractivity (Wildman–Crippen MR) is 60.0 cm³/mol. The summed E-state index contributed by atoms with van der Waals surface area (Å²) in [5.41, 5.74) is 0. The summed E-state index contributed by atoms with van der Waals surface area (Å²) < 4.78 is 6.31. The standard InChI is InChI=1S/C9H16N4O2S/c1-4-5-6-7(8(14)15-3)16-9-10-11-12-13(9)2/h7H,4-6H2,1-3H3. The first kappa shape index (κ1) is 13.0. The lowest BCUT2D eigenvalue weighted by atomic mass is 10.2. The molecule has 16 heavy (non-hydrogen) atoms. The van der Waals surface area contributed by atoms with Gasteiger partial charge in [0.25, 0.3) is 0 Å². The van der Waals surface area contributed by atoms with Gasteiger partial charge < -0.3 is 4.74 Å². The van der Waals surface area contributed by atoms with Crippen LogP contribution in [0.25, 0.3) is 0 Å². The first-order chi connectivity index (χ1) is 7.69. The van der Waals surface area contributed by atoms with Gasteiger partial charge in [0, 0.05) is 7.05 Å². The normalized spacial score (nSPS) is 12.4. The quantitative estimate of drug-likeness (QED) is 0.550. The van der Waals surface area contributed by atoms with Crippen LogP contribution < -0.4 is 0 Å². The lowest BCUT2D eigenvalue weighted by Gasteiger charge is -2.12. The molecule has 6 nitrogen and oxygen atoms in total. The molecule has 0 saturated heterocycles. The zero-order chi connectivity index (χ0) is 12.0. The summed E-state index contributed by atoms with van der Waals surface area (Å²) in [6.07, 6.45) is 2.81. The van der Waals surface area contributed by atoms with Gasteiger partial charge >= 0.3 is 5.97 Å². The Morgan fingerprint density at radius 1 is 1.62 bits per heavy atom. The molecule has 0 amide bonds. The van der Waals surface area contributed by atoms with Crippen molar-refractivity contribution in [2.75, 3.05) is 7.11 Å². The highest BCUT2D eigenvalue weighted by molar-refractivity contribution is 8.00. The van der Waals surface area contributed by atoms with E-state index in [1.165, 1.54) is 18.9 Å². The van der Waals surface area contributed by atoms with Crippen molar-refractivity contribution in [3.8, 4) is 0 Å². The van der Waals surface area contributed by atoms with Crippen LogP contribution in [0.5, 0.6) is 0 Å². The molecule has 1 rings (SSSR count). The minimum atomic E-state index is -0.227. The number of hydrogen-bond acceptors (Lipinski definition) is 6. The molecule has 0 N–H and O–H groups in total. The van der Waals surface area contributed by atoms with Gasteiger partial charge in [-0.25, -0.2) is 4.68 Å². The fraction of sp³-hybridized carbons (Fsp3) is 0.778. The molecule has 0 saturated carbocycles. The van der Waals surface area contributed by atoms with Crippen LogP contribution in [0.4, 0.5) is 0 Å². The molecule has 1 atom stereocenters. The molecule has 0 radical (unpaired) electrons. The zero-order valence-corrected chi connectivity index (χ0v) is 10.5. The first-order valence-corrected chi connectivity index (χ1v) is 6.03. The molecule has 0 fully saturated rings. The number of esters is 1. The van der Waals surface area contributed by atoms with E-state index in [2.05, 4.69) is 22.4 Å². The summed E-state index contributed by atoms with van der Waals surface area (Å²) in [4.78, 5) is 11.5. The van der Waals surface area contributed by atoms with E-state index in [-0.39, 0.29) is 11.2 Å². The van der Waals surface area contributed by atoms with Gasteiger partial charge in [-0.3, -0.25) is 4.79 Å². The third kappa shape index (κ3) is 3.48. The van der Waals surface area contributed by atoms with Crippen molar-refractivity contribution >= 4 is 17.7 Å². The second-order valence-corrected chi connectivity index (χ2v) is 4.53. The Hall–Kier alpha value is -1.11. The minimum Gasteiger partial charge on any atom is -0.468 e. The smallest absolute Gasteiger partial charge is 0.319 e. The van der Waals surface area contributed by atoms with Crippen molar-refractivity contribution < 1.29 is 9.53 Å². The van der Waals surface area contributed by atoms with Crippen LogP contribution in [0.1, 0.15) is 26.2 Å². The predicted octanol–water partition coefficient (Wildman–Crippen LogP) is 1.03. The van der Waals surface area contributed by atoms with E-state index in [1.54, 1.807) is 11.7 Å². The van der Waals surface area contributed by atoms with Crippen molar-refractivity contribution in [3.63, 3.8) is 0 Å². The van der Waals surface area contributed by atoms with Crippen LogP contribution in [0.3, 0.4) is 0 Å². The number of aryl methyl sites for hydroxylation is 1. The molecule has 0 aliphatic rings. The van der Waals surface area contributed by atoms with Crippen LogP contribution >= 0.6 is 11.8 Å². The van der Waals surface area contributed by atoms with Gasteiger partial charge in [0.2, 0.25) is 5.16 Å². The third-order valence-electron chi connectivity index (χ3n) is 2.11. The van der Waals surface area contributed by atoms with Crippen LogP contribution in [0, 0.1) is 0 Å². The minimum absolute atomic E-state index is 0.221. The maximum atomic E-state index is 11.5. The highest BCUT2D eigenvalue weighted by atomic mass is 32.2. The number of unbranched alkanes of at least 4 members (excludes halogenated alkanes) is 1. The summed E-state index contributed by atoms with van der Waals surface area (Å²) in [5.74, 6) is -0.221. The molecule has 1 aromatic rings. The van der Waals surface area contributed by atoms with Gasteiger partial charge in [0.1, 0.15) is 5.25 Å². The second-order valence-electron chi connectivity index (χ2n) is 3.36. The average molecular weight is 244 g/mol. The van der Waals surface area contributed by atoms with Gasteiger partial charge in [-0.2, -0.15) is 0 Å². The fourth-order valence-electron chi connectivity index (χ4n) is 1.19. The lowest BCUT2D eigenvalue weighted by Crippen LogP contribution is -2.19. The van der Waals surface area contributed by atoms with Crippen LogP contribution in [-0.4, -0.2) is 38.5 Å². The molecule has 90 valence electrons. The van der Waals surface area contributed by atoms with E-state index in [0.29, 0.717) is 5.16 Å². The molecule has 0 aliphatic heterocycles. The first-order valence-electron chi connectivity index (χ1n) is 5.15. The molecule has 7 heteroatoms. The summed E-state index contributed by atoms with van der Waals surface area (Å²) in [7, 11) is 3.15. The highest BCUT2D eigenvalue weighted by Crippen LogP contribution is 2.24. The van der Waals surface area contributed by atoms with E-state index in [9.17, 15) is 4.79 Å². The Bertz CT molecular complexity index is 342. The van der Waals surface area contributed by atoms with Gasteiger partial charge in [-0.1, -0.05) is 31.5 Å². The number of aromatic nitrogens is 4. The maximum Gasteiger partial charge on any atom is 0.319 e. The van der Waals surface area contributed by atoms with E-state index < -0.39 is 0 Å². The highest BCUT2D eigenvalue weighted by Gasteiger charge is 2.22. The molecular formula is C9H16N4O2S. The molecule has 0 aliphatic carbocycles. The summed E-state index contributed by atoms with van der Waals surface area (Å²) in [6, 6.07) is 0. The van der Waals surface area contributed by atoms with Gasteiger partial charge in [-0.05, 0) is 16.8 Å². The summed E-state index contributed by atoms with van der Waals surface area (Å²) >= 11 is 1.35. The Labute approximate surface area is 98.7 Å². The van der Waals surface area contributed by atoms with Crippen molar-refractivity contribution in [1.29, 1.82) is 0 Å². The molecular weight excluding hydrogens is 228 g/mol. The van der Waals surface area contributed by atoms with E-state index in [0.717, 1.165) is 19.3 Å². The number of carbonyl (C=O) groups excluding carboxylic acids is 1. The maximum absolute atomic E-state index is 11.5. The van der Waals surface area contributed by atoms with Crippen molar-refractivity contribution in [1.82, 2.24) is 20.2 Å². The number of nitrogens with zero attached hydrogens (tertiary/aromatic N) is 4. The number of tetrazole rings is 1. The van der Waals surface area contributed by atoms with Gasteiger partial charge in [-0.15, -0.1) is 5.10 Å². The Kier molecular flexibility index (Phi) is 5.24. The molecule has 0 aromatic carbocycles. The SMILES string of the molecule is CCCCC(Sc1nnnn1C)C(=O)OC. The average Bonchev–Trinajstić information content (AvgIpc) is 2.69. The van der Waals surface area contributed by atoms with Crippen molar-refractivity contribution in [2.45, 2.75) is 36.6 Å². The zero-order valence-electron chi connectivity index (χ0n) is 9.71. The topological polar surface area (TPSA) is 69.9 Å². The number of hydrogen-bond donors (Lipinski definition) is 0. The Balaban J connectivity index is 2.63. The Morgan fingerprint density at radius 3 is 2.88 bits per heavy atom. The van der Waals surface area contributed by atoms with E-state index >= 15 is 0 Å². The largest absolute Gasteiger partial charge is 0.468 e. The third-order valence-corrected chi connectivity index (χ3v) is 3.38. The molecule has 1 aromatic heterocycles. The van der Waals surface area contributed by atoms with Gasteiger partial charge in [0.05, 0.1) is 7.11 Å². The van der Waals surface area contributed by atoms with Crippen molar-refractivity contribution in [2.24, 2.45) is 7.05 Å². The van der Waals surface area contributed by atoms with Gasteiger partial charge in [0.15, 0.2) is 0 Å². The Morgan fingerprint density at radius 2 is 2.38 bits per heavy atom. The van der Waals surface area contributed by atoms with Crippen LogP contribution in [0.15, 0.2) is 5.16 Å². The number of ether oxygens (including phenoxy) is 1. The number of rotatable bonds is 6. The fourth-order valence-corrected chi connectivity index (χ4v) is 2.20. The van der Waals surface area contributed by atoms with Crippen LogP contribution in [-0.2, 0) is 16.6 Å². The number of carbonyl (C=O) groups is 1. The number of thioether (sulfide) groups is 1. The number of methoxy groups -OCH3 is 1. The summed E-state index contributed by atoms with van der Waals surface area (Å²) in [6.45, 7) is 2.09. The molecule has 0 spiro atoms. The second kappa shape index (κ2) is 6.47. The van der Waals surface area contributed by atoms with Crippen molar-refractivity contribution in [3.05, 3.63) is 0 Å². The molecule has 1 unspecified atom stereocenters. The molecule has 1 heterocycles. The monoisotopic (exact) mass is 244 g/mol. The lowest BCUT2D eigenvalue weighted by molar-refractivity contribution is -0.140.